The molecule has 0 spiro atoms. The summed E-state index contributed by atoms with van der Waals surface area (Å²) in [6, 6.07) is 16.5. The molecule has 0 radical (unpaired) electrons. The fourth-order valence-electron chi connectivity index (χ4n) is 5.07. The molecule has 3 amide bonds. The third-order valence-corrected chi connectivity index (χ3v) is 7.23. The van der Waals surface area contributed by atoms with Gasteiger partial charge in [0.15, 0.2) is 0 Å². The minimum atomic E-state index is -0.661. The highest BCUT2D eigenvalue weighted by atomic mass is 35.5. The number of carbonyl (C=O) groups is 2. The first-order valence-corrected chi connectivity index (χ1v) is 12.9. The number of nitrogens with zero attached hydrogens (tertiary/aromatic N) is 1. The standard InChI is InChI=1S/C27H35ClN4O2/c28-21-11-13-22(14-12-21)30-27(34)31-25(19-20-7-3-1-4-8-20)26(33)29-23-15-17-32(18-16-23)24-9-5-2-6-10-24/h1,3-4,7-8,11-14,23-25H,2,5-6,9-10,15-19H2,(H,29,33)(H2,30,31,34). The minimum absolute atomic E-state index is 0.133. The van der Waals surface area contributed by atoms with Gasteiger partial charge in [-0.25, -0.2) is 4.79 Å². The second-order valence-electron chi connectivity index (χ2n) is 9.46. The third-order valence-electron chi connectivity index (χ3n) is 6.97. The first-order chi connectivity index (χ1) is 16.6. The van der Waals surface area contributed by atoms with Gasteiger partial charge in [-0.15, -0.1) is 0 Å². The molecule has 0 bridgehead atoms. The van der Waals surface area contributed by atoms with E-state index in [1.54, 1.807) is 24.3 Å². The first kappa shape index (κ1) is 24.6. The molecule has 6 nitrogen and oxygen atoms in total. The van der Waals surface area contributed by atoms with Gasteiger partial charge in [0, 0.05) is 42.3 Å². The van der Waals surface area contributed by atoms with E-state index in [0.29, 0.717) is 17.1 Å². The number of carbonyl (C=O) groups excluding carboxylic acids is 2. The molecule has 3 N–H and O–H groups in total. The number of anilines is 1. The van der Waals surface area contributed by atoms with Crippen molar-refractivity contribution in [2.24, 2.45) is 0 Å². The number of likely N-dealkylation sites (tertiary alicyclic amines) is 1. The van der Waals surface area contributed by atoms with Crippen LogP contribution in [0.2, 0.25) is 5.02 Å². The molecule has 1 aliphatic heterocycles. The second kappa shape index (κ2) is 12.2. The molecule has 1 atom stereocenters. The predicted molar refractivity (Wildman–Crippen MR) is 137 cm³/mol. The number of nitrogens with one attached hydrogen (secondary N) is 3. The van der Waals surface area contributed by atoms with Crippen LogP contribution in [0.4, 0.5) is 10.5 Å². The van der Waals surface area contributed by atoms with Gasteiger partial charge >= 0.3 is 6.03 Å². The molecule has 1 saturated heterocycles. The van der Waals surface area contributed by atoms with Crippen LogP contribution in [0.25, 0.3) is 0 Å². The van der Waals surface area contributed by atoms with E-state index in [4.69, 9.17) is 11.6 Å². The average molecular weight is 483 g/mol. The Kier molecular flexibility index (Phi) is 8.83. The number of benzene rings is 2. The Hall–Kier alpha value is -2.57. The summed E-state index contributed by atoms with van der Waals surface area (Å²) in [4.78, 5) is 28.5. The number of amides is 3. The van der Waals surface area contributed by atoms with Crippen LogP contribution >= 0.6 is 11.6 Å². The highest BCUT2D eigenvalue weighted by molar-refractivity contribution is 6.30. The quantitative estimate of drug-likeness (QED) is 0.520. The zero-order valence-electron chi connectivity index (χ0n) is 19.6. The fraction of sp³-hybridized carbons (Fsp3) is 0.481. The molecule has 1 unspecified atom stereocenters. The van der Waals surface area contributed by atoms with E-state index in [0.717, 1.165) is 37.5 Å². The Labute approximate surface area is 207 Å². The summed E-state index contributed by atoms with van der Waals surface area (Å²) in [7, 11) is 0. The maximum Gasteiger partial charge on any atom is 0.319 e. The molecule has 2 aliphatic rings. The molecule has 34 heavy (non-hydrogen) atoms. The van der Waals surface area contributed by atoms with Crippen LogP contribution < -0.4 is 16.0 Å². The lowest BCUT2D eigenvalue weighted by atomic mass is 9.92. The number of hydrogen-bond donors (Lipinski definition) is 3. The normalized spacial score (nSPS) is 18.7. The van der Waals surface area contributed by atoms with E-state index in [-0.39, 0.29) is 11.9 Å². The molecule has 0 aromatic heterocycles. The van der Waals surface area contributed by atoms with Crippen molar-refractivity contribution in [2.45, 2.75) is 69.5 Å². The highest BCUT2D eigenvalue weighted by Gasteiger charge is 2.29. The lowest BCUT2D eigenvalue weighted by Gasteiger charge is -2.39. The van der Waals surface area contributed by atoms with Crippen LogP contribution in [0.15, 0.2) is 54.6 Å². The number of rotatable bonds is 7. The van der Waals surface area contributed by atoms with Crippen LogP contribution in [0.5, 0.6) is 0 Å². The lowest BCUT2D eigenvalue weighted by Crippen LogP contribution is -2.54. The molecule has 1 heterocycles. The van der Waals surface area contributed by atoms with E-state index in [2.05, 4.69) is 20.9 Å². The molecule has 1 aliphatic carbocycles. The van der Waals surface area contributed by atoms with Gasteiger partial charge in [0.2, 0.25) is 5.91 Å². The van der Waals surface area contributed by atoms with Gasteiger partial charge in [-0.05, 0) is 55.5 Å². The lowest BCUT2D eigenvalue weighted by molar-refractivity contribution is -0.124. The largest absolute Gasteiger partial charge is 0.351 e. The Morgan fingerprint density at radius 1 is 0.912 bits per heavy atom. The van der Waals surface area contributed by atoms with Crippen LogP contribution in [0.1, 0.15) is 50.5 Å². The molecule has 2 fully saturated rings. The summed E-state index contributed by atoms with van der Waals surface area (Å²) in [5, 5.41) is 9.48. The van der Waals surface area contributed by atoms with Crippen molar-refractivity contribution < 1.29 is 9.59 Å². The minimum Gasteiger partial charge on any atom is -0.351 e. The number of urea groups is 1. The van der Waals surface area contributed by atoms with E-state index in [1.807, 2.05) is 30.3 Å². The van der Waals surface area contributed by atoms with Crippen LogP contribution in [0.3, 0.4) is 0 Å². The molecule has 2 aromatic rings. The van der Waals surface area contributed by atoms with Crippen LogP contribution in [0, 0.1) is 0 Å². The van der Waals surface area contributed by atoms with E-state index in [1.165, 1.54) is 32.1 Å². The maximum atomic E-state index is 13.2. The summed E-state index contributed by atoms with van der Waals surface area (Å²) in [5.41, 5.74) is 1.62. The van der Waals surface area contributed by atoms with Crippen LogP contribution in [-0.2, 0) is 11.2 Å². The van der Waals surface area contributed by atoms with Crippen molar-refractivity contribution in [3.05, 3.63) is 65.2 Å². The SMILES string of the molecule is O=C(Nc1ccc(Cl)cc1)NC(Cc1ccccc1)C(=O)NC1CCN(C2CCCCC2)CC1. The Balaban J connectivity index is 1.33. The zero-order chi connectivity index (χ0) is 23.8. The van der Waals surface area contributed by atoms with Gasteiger partial charge in [-0.3, -0.25) is 4.79 Å². The first-order valence-electron chi connectivity index (χ1n) is 12.5. The summed E-state index contributed by atoms with van der Waals surface area (Å²) in [5.74, 6) is -0.133. The third kappa shape index (κ3) is 7.21. The van der Waals surface area contributed by atoms with Crippen molar-refractivity contribution >= 4 is 29.2 Å². The predicted octanol–water partition coefficient (Wildman–Crippen LogP) is 4.99. The van der Waals surface area contributed by atoms with E-state index in [9.17, 15) is 9.59 Å². The molecular formula is C27H35ClN4O2. The Morgan fingerprint density at radius 2 is 1.59 bits per heavy atom. The van der Waals surface area contributed by atoms with E-state index >= 15 is 0 Å². The second-order valence-corrected chi connectivity index (χ2v) is 9.89. The number of piperidine rings is 1. The Morgan fingerprint density at radius 3 is 2.26 bits per heavy atom. The number of halogens is 1. The van der Waals surface area contributed by atoms with Gasteiger partial charge in [0.05, 0.1) is 0 Å². The van der Waals surface area contributed by atoms with Gasteiger partial charge in [-0.1, -0.05) is 61.2 Å². The van der Waals surface area contributed by atoms with Gasteiger partial charge < -0.3 is 20.9 Å². The van der Waals surface area contributed by atoms with Crippen molar-refractivity contribution in [1.29, 1.82) is 0 Å². The molecule has 4 rings (SSSR count). The van der Waals surface area contributed by atoms with Crippen LogP contribution in [-0.4, -0.2) is 48.1 Å². The zero-order valence-corrected chi connectivity index (χ0v) is 20.4. The van der Waals surface area contributed by atoms with Crippen molar-refractivity contribution in [3.63, 3.8) is 0 Å². The topological polar surface area (TPSA) is 73.5 Å². The summed E-state index contributed by atoms with van der Waals surface area (Å²) < 4.78 is 0. The number of hydrogen-bond acceptors (Lipinski definition) is 3. The molecule has 182 valence electrons. The van der Waals surface area contributed by atoms with Crippen molar-refractivity contribution in [3.8, 4) is 0 Å². The average Bonchev–Trinajstić information content (AvgIpc) is 2.87. The van der Waals surface area contributed by atoms with Crippen molar-refractivity contribution in [2.75, 3.05) is 18.4 Å². The van der Waals surface area contributed by atoms with Gasteiger partial charge in [0.1, 0.15) is 6.04 Å². The monoisotopic (exact) mass is 482 g/mol. The Bertz CT molecular complexity index is 923. The van der Waals surface area contributed by atoms with Gasteiger partial charge in [-0.2, -0.15) is 0 Å². The summed E-state index contributed by atoms with van der Waals surface area (Å²) in [6.45, 7) is 2.06. The van der Waals surface area contributed by atoms with E-state index < -0.39 is 12.1 Å². The molecular weight excluding hydrogens is 448 g/mol. The fourth-order valence-corrected chi connectivity index (χ4v) is 5.20. The maximum absolute atomic E-state index is 13.2. The molecule has 7 heteroatoms. The summed E-state index contributed by atoms with van der Waals surface area (Å²) in [6.07, 6.45) is 9.00. The molecule has 2 aromatic carbocycles. The van der Waals surface area contributed by atoms with Gasteiger partial charge in [0.25, 0.3) is 0 Å². The summed E-state index contributed by atoms with van der Waals surface area (Å²) >= 11 is 5.93. The highest BCUT2D eigenvalue weighted by Crippen LogP contribution is 2.25. The smallest absolute Gasteiger partial charge is 0.319 e. The molecule has 1 saturated carbocycles. The van der Waals surface area contributed by atoms with Crippen molar-refractivity contribution in [1.82, 2.24) is 15.5 Å².